The zero-order valence-corrected chi connectivity index (χ0v) is 14.5. The summed E-state index contributed by atoms with van der Waals surface area (Å²) in [6.07, 6.45) is 0. The van der Waals surface area contributed by atoms with Crippen LogP contribution >= 0.6 is 22.9 Å². The molecule has 0 saturated heterocycles. The number of halogens is 1. The van der Waals surface area contributed by atoms with E-state index in [0.717, 1.165) is 27.5 Å². The molecule has 0 fully saturated rings. The van der Waals surface area contributed by atoms with Gasteiger partial charge in [0.2, 0.25) is 0 Å². The van der Waals surface area contributed by atoms with Crippen molar-refractivity contribution in [3.05, 3.63) is 71.5 Å². The molecule has 2 aromatic heterocycles. The Hall–Kier alpha value is -2.43. The first kappa shape index (κ1) is 15.1. The van der Waals surface area contributed by atoms with Crippen molar-refractivity contribution < 1.29 is 0 Å². The van der Waals surface area contributed by atoms with E-state index in [1.807, 2.05) is 49.4 Å². The summed E-state index contributed by atoms with van der Waals surface area (Å²) in [5.74, 6) is 1.52. The van der Waals surface area contributed by atoms with E-state index in [4.69, 9.17) is 11.6 Å². The number of para-hydroxylation sites is 1. The number of benzene rings is 2. The first-order valence-corrected chi connectivity index (χ1v) is 8.75. The molecule has 0 amide bonds. The lowest BCUT2D eigenvalue weighted by atomic mass is 10.2. The van der Waals surface area contributed by atoms with E-state index < -0.39 is 0 Å². The quantitative estimate of drug-likeness (QED) is 0.487. The molecule has 3 nitrogen and oxygen atoms in total. The van der Waals surface area contributed by atoms with Gasteiger partial charge in [-0.1, -0.05) is 54.1 Å². The summed E-state index contributed by atoms with van der Waals surface area (Å²) >= 11 is 7.93. The molecule has 24 heavy (non-hydrogen) atoms. The van der Waals surface area contributed by atoms with Crippen molar-refractivity contribution in [1.29, 1.82) is 0 Å². The number of nitrogens with zero attached hydrogens (tertiary/aromatic N) is 2. The molecule has 0 atom stereocenters. The maximum atomic E-state index is 6.26. The Balaban J connectivity index is 1.83. The predicted octanol–water partition coefficient (Wildman–Crippen LogP) is 6.06. The third kappa shape index (κ3) is 2.86. The summed E-state index contributed by atoms with van der Waals surface area (Å²) in [4.78, 5) is 11.3. The number of nitrogens with one attached hydrogen (secondary N) is 1. The molecule has 0 bridgehead atoms. The summed E-state index contributed by atoms with van der Waals surface area (Å²) in [6.45, 7) is 1.90. The third-order valence-corrected chi connectivity index (χ3v) is 5.10. The number of hydrogen-bond acceptors (Lipinski definition) is 4. The molecule has 1 N–H and O–H groups in total. The number of rotatable bonds is 3. The third-order valence-electron chi connectivity index (χ3n) is 3.69. The van der Waals surface area contributed by atoms with Crippen LogP contribution in [0.2, 0.25) is 5.02 Å². The first-order chi connectivity index (χ1) is 11.7. The van der Waals surface area contributed by atoms with Gasteiger partial charge < -0.3 is 5.32 Å². The predicted molar refractivity (Wildman–Crippen MR) is 102 cm³/mol. The highest BCUT2D eigenvalue weighted by molar-refractivity contribution is 7.21. The normalized spacial score (nSPS) is 10.9. The molecule has 0 spiro atoms. The fourth-order valence-corrected chi connectivity index (χ4v) is 3.82. The molecule has 0 radical (unpaired) electrons. The maximum Gasteiger partial charge on any atom is 0.142 e. The Kier molecular flexibility index (Phi) is 3.92. The Morgan fingerprint density at radius 1 is 0.958 bits per heavy atom. The number of anilines is 2. The van der Waals surface area contributed by atoms with Crippen LogP contribution < -0.4 is 5.32 Å². The lowest BCUT2D eigenvalue weighted by molar-refractivity contribution is 1.10. The fraction of sp³-hybridized carbons (Fsp3) is 0.0526. The van der Waals surface area contributed by atoms with Crippen molar-refractivity contribution in [2.75, 3.05) is 5.32 Å². The van der Waals surface area contributed by atoms with Gasteiger partial charge in [-0.3, -0.25) is 0 Å². The van der Waals surface area contributed by atoms with E-state index in [1.54, 1.807) is 11.3 Å². The van der Waals surface area contributed by atoms with E-state index in [-0.39, 0.29) is 0 Å². The minimum Gasteiger partial charge on any atom is -0.338 e. The Morgan fingerprint density at radius 3 is 2.50 bits per heavy atom. The molecule has 0 saturated carbocycles. The van der Waals surface area contributed by atoms with E-state index >= 15 is 0 Å². The Bertz CT molecular complexity index is 1010. The number of aromatic nitrogens is 2. The van der Waals surface area contributed by atoms with E-state index in [1.165, 1.54) is 10.4 Å². The molecule has 4 rings (SSSR count). The highest BCUT2D eigenvalue weighted by atomic mass is 35.5. The van der Waals surface area contributed by atoms with Gasteiger partial charge >= 0.3 is 0 Å². The molecule has 0 unspecified atom stereocenters. The summed E-state index contributed by atoms with van der Waals surface area (Å²) in [6, 6.07) is 20.1. The van der Waals surface area contributed by atoms with Gasteiger partial charge in [-0.15, -0.1) is 11.3 Å². The standard InChI is InChI=1S/C19H14ClN3S/c1-12-21-18(23-16-10-6-5-9-15(16)20)14-11-17(24-19(14)22-12)13-7-3-2-4-8-13/h2-11H,1H3,(H,21,22,23). The summed E-state index contributed by atoms with van der Waals surface area (Å²) < 4.78 is 0. The first-order valence-electron chi connectivity index (χ1n) is 7.56. The van der Waals surface area contributed by atoms with Gasteiger partial charge in [-0.25, -0.2) is 9.97 Å². The molecule has 4 aromatic rings. The fourth-order valence-electron chi connectivity index (χ4n) is 2.56. The maximum absolute atomic E-state index is 6.26. The summed E-state index contributed by atoms with van der Waals surface area (Å²) in [5, 5.41) is 5.02. The van der Waals surface area contributed by atoms with Crippen LogP contribution in [0, 0.1) is 6.92 Å². The number of fused-ring (bicyclic) bond motifs is 1. The summed E-state index contributed by atoms with van der Waals surface area (Å²) in [7, 11) is 0. The molecule has 2 aromatic carbocycles. The van der Waals surface area contributed by atoms with Crippen molar-refractivity contribution in [2.45, 2.75) is 6.92 Å². The van der Waals surface area contributed by atoms with Gasteiger partial charge in [0, 0.05) is 4.88 Å². The number of aryl methyl sites for hydroxylation is 1. The average molecular weight is 352 g/mol. The Morgan fingerprint density at radius 2 is 1.71 bits per heavy atom. The van der Waals surface area contributed by atoms with Gasteiger partial charge in [0.25, 0.3) is 0 Å². The minimum absolute atomic E-state index is 0.667. The number of thiophene rings is 1. The van der Waals surface area contributed by atoms with Crippen LogP contribution in [-0.4, -0.2) is 9.97 Å². The van der Waals surface area contributed by atoms with Gasteiger partial charge in [0.1, 0.15) is 16.5 Å². The lowest BCUT2D eigenvalue weighted by Crippen LogP contribution is -1.97. The van der Waals surface area contributed by atoms with Crippen LogP contribution in [0.1, 0.15) is 5.82 Å². The zero-order chi connectivity index (χ0) is 16.5. The van der Waals surface area contributed by atoms with Crippen molar-refractivity contribution >= 4 is 44.7 Å². The molecule has 2 heterocycles. The second-order valence-electron chi connectivity index (χ2n) is 5.42. The van der Waals surface area contributed by atoms with Crippen molar-refractivity contribution in [1.82, 2.24) is 9.97 Å². The van der Waals surface area contributed by atoms with Crippen LogP contribution in [0.25, 0.3) is 20.7 Å². The molecule has 0 aliphatic carbocycles. The minimum atomic E-state index is 0.667. The van der Waals surface area contributed by atoms with E-state index in [2.05, 4.69) is 33.5 Å². The summed E-state index contributed by atoms with van der Waals surface area (Å²) in [5.41, 5.74) is 2.02. The van der Waals surface area contributed by atoms with Crippen LogP contribution in [0.5, 0.6) is 0 Å². The van der Waals surface area contributed by atoms with Crippen LogP contribution in [0.4, 0.5) is 11.5 Å². The molecule has 5 heteroatoms. The van der Waals surface area contributed by atoms with Crippen molar-refractivity contribution in [2.24, 2.45) is 0 Å². The van der Waals surface area contributed by atoms with Crippen LogP contribution in [0.15, 0.2) is 60.7 Å². The smallest absolute Gasteiger partial charge is 0.142 e. The topological polar surface area (TPSA) is 37.8 Å². The number of hydrogen-bond donors (Lipinski definition) is 1. The second kappa shape index (κ2) is 6.23. The molecule has 0 aliphatic rings. The van der Waals surface area contributed by atoms with Gasteiger partial charge in [-0.05, 0) is 30.7 Å². The van der Waals surface area contributed by atoms with E-state index in [0.29, 0.717) is 5.02 Å². The Labute approximate surface area is 149 Å². The van der Waals surface area contributed by atoms with E-state index in [9.17, 15) is 0 Å². The van der Waals surface area contributed by atoms with Crippen LogP contribution in [-0.2, 0) is 0 Å². The SMILES string of the molecule is Cc1nc(Nc2ccccc2Cl)c2cc(-c3ccccc3)sc2n1. The molecule has 0 aliphatic heterocycles. The monoisotopic (exact) mass is 351 g/mol. The lowest BCUT2D eigenvalue weighted by Gasteiger charge is -2.08. The average Bonchev–Trinajstić information content (AvgIpc) is 3.02. The molecular weight excluding hydrogens is 338 g/mol. The van der Waals surface area contributed by atoms with Gasteiger partial charge in [-0.2, -0.15) is 0 Å². The molecule has 118 valence electrons. The van der Waals surface area contributed by atoms with Crippen molar-refractivity contribution in [3.63, 3.8) is 0 Å². The largest absolute Gasteiger partial charge is 0.338 e. The van der Waals surface area contributed by atoms with Crippen molar-refractivity contribution in [3.8, 4) is 10.4 Å². The second-order valence-corrected chi connectivity index (χ2v) is 6.86. The highest BCUT2D eigenvalue weighted by Gasteiger charge is 2.12. The van der Waals surface area contributed by atoms with Crippen LogP contribution in [0.3, 0.4) is 0 Å². The molecular formula is C19H14ClN3S. The highest BCUT2D eigenvalue weighted by Crippen LogP contribution is 2.36. The van der Waals surface area contributed by atoms with Gasteiger partial charge in [0.05, 0.1) is 16.1 Å². The van der Waals surface area contributed by atoms with Gasteiger partial charge in [0.15, 0.2) is 0 Å². The zero-order valence-electron chi connectivity index (χ0n) is 13.0.